The van der Waals surface area contributed by atoms with Gasteiger partial charge in [-0.05, 0) is 66.7 Å². The normalized spacial score (nSPS) is 19.9. The maximum Gasteiger partial charge on any atom is 0.228 e. The number of anilines is 1. The van der Waals surface area contributed by atoms with Crippen LogP contribution < -0.4 is 5.32 Å². The molecule has 4 aromatic rings. The number of para-hydroxylation sites is 1. The van der Waals surface area contributed by atoms with Gasteiger partial charge in [-0.3, -0.25) is 9.59 Å². The van der Waals surface area contributed by atoms with Crippen molar-refractivity contribution in [2.75, 3.05) is 18.5 Å². The largest absolute Gasteiger partial charge is 0.432 e. The number of nitrogens with one attached hydrogen (secondary N) is 2. The van der Waals surface area contributed by atoms with Gasteiger partial charge >= 0.3 is 0 Å². The second kappa shape index (κ2) is 14.6. The van der Waals surface area contributed by atoms with Gasteiger partial charge < -0.3 is 29.8 Å². The van der Waals surface area contributed by atoms with Gasteiger partial charge in [0.2, 0.25) is 11.8 Å². The summed E-state index contributed by atoms with van der Waals surface area (Å²) in [5, 5.41) is 13.7. The Morgan fingerprint density at radius 3 is 2.38 bits per heavy atom. The van der Waals surface area contributed by atoms with E-state index in [9.17, 15) is 19.5 Å². The van der Waals surface area contributed by atoms with E-state index in [1.165, 1.54) is 0 Å². The maximum absolute atomic E-state index is 13.5. The van der Waals surface area contributed by atoms with Crippen molar-refractivity contribution < 1.29 is 24.2 Å². The van der Waals surface area contributed by atoms with Gasteiger partial charge in [0.05, 0.1) is 31.7 Å². The summed E-state index contributed by atoms with van der Waals surface area (Å²) < 4.78 is 6.55. The lowest BCUT2D eigenvalue weighted by atomic mass is 9.95. The molecule has 0 unspecified atom stereocenters. The zero-order valence-electron chi connectivity index (χ0n) is 26.4. The second-order valence-corrected chi connectivity index (χ2v) is 16.8. The molecule has 0 spiro atoms. The van der Waals surface area contributed by atoms with Gasteiger partial charge in [-0.2, -0.15) is 0 Å². The van der Waals surface area contributed by atoms with E-state index in [-0.39, 0.29) is 55.1 Å². The molecule has 0 bridgehead atoms. The van der Waals surface area contributed by atoms with Crippen molar-refractivity contribution >= 4 is 36.7 Å². The van der Waals surface area contributed by atoms with E-state index in [1.54, 1.807) is 4.90 Å². The maximum atomic E-state index is 13.5. The number of carbonyl (C=O) groups is 2. The molecule has 5 rings (SSSR count). The lowest BCUT2D eigenvalue weighted by Gasteiger charge is -2.31. The number of aromatic amines is 1. The van der Waals surface area contributed by atoms with Crippen molar-refractivity contribution in [3.63, 3.8) is 0 Å². The SMILES string of the molecule is C[C@H]1[C@H]([Si](C)(C)O)[C@@H](CC(=O)N(CCO)Cc2ccccc2)O[C@H]1CCc1ccc(NC(=O)Cc2c[nH]c3ccccc23)cc1. The van der Waals surface area contributed by atoms with Crippen LogP contribution in [-0.4, -0.2) is 65.3 Å². The van der Waals surface area contributed by atoms with E-state index in [1.807, 2.05) is 98.2 Å². The molecule has 1 aliphatic rings. The molecule has 9 heteroatoms. The smallest absolute Gasteiger partial charge is 0.228 e. The van der Waals surface area contributed by atoms with Crippen LogP contribution in [0.4, 0.5) is 5.69 Å². The van der Waals surface area contributed by atoms with Crippen LogP contribution in [0.5, 0.6) is 0 Å². The highest BCUT2D eigenvalue weighted by Gasteiger charge is 2.50. The molecule has 8 nitrogen and oxygen atoms in total. The van der Waals surface area contributed by atoms with E-state index < -0.39 is 8.32 Å². The first-order valence-electron chi connectivity index (χ1n) is 15.9. The van der Waals surface area contributed by atoms with Gasteiger partial charge in [0.1, 0.15) is 0 Å². The molecule has 1 aromatic heterocycles. The monoisotopic (exact) mass is 627 g/mol. The highest BCUT2D eigenvalue weighted by molar-refractivity contribution is 6.71. The van der Waals surface area contributed by atoms with Gasteiger partial charge in [0.15, 0.2) is 8.32 Å². The Hall–Kier alpha value is -3.76. The molecular formula is C36H45N3O5Si. The predicted octanol–water partition coefficient (Wildman–Crippen LogP) is 5.66. The number of ether oxygens (including phenoxy) is 1. The topological polar surface area (TPSA) is 115 Å². The minimum atomic E-state index is -2.64. The minimum Gasteiger partial charge on any atom is -0.432 e. The molecular weight excluding hydrogens is 582 g/mol. The average molecular weight is 628 g/mol. The highest BCUT2D eigenvalue weighted by atomic mass is 28.4. The highest BCUT2D eigenvalue weighted by Crippen LogP contribution is 2.45. The van der Waals surface area contributed by atoms with Crippen molar-refractivity contribution in [1.82, 2.24) is 9.88 Å². The average Bonchev–Trinajstić information content (AvgIpc) is 3.56. The molecule has 4 N–H and O–H groups in total. The molecule has 1 aliphatic heterocycles. The molecule has 1 fully saturated rings. The minimum absolute atomic E-state index is 0.0654. The third kappa shape index (κ3) is 8.29. The number of rotatable bonds is 13. The van der Waals surface area contributed by atoms with E-state index in [2.05, 4.69) is 17.2 Å². The van der Waals surface area contributed by atoms with Gasteiger partial charge in [0.25, 0.3) is 0 Å². The Bertz CT molecular complexity index is 1570. The second-order valence-electron chi connectivity index (χ2n) is 12.8. The van der Waals surface area contributed by atoms with E-state index in [0.717, 1.165) is 46.1 Å². The number of nitrogens with zero attached hydrogens (tertiary/aromatic N) is 1. The van der Waals surface area contributed by atoms with Gasteiger partial charge in [-0.1, -0.05) is 67.6 Å². The fourth-order valence-corrected chi connectivity index (χ4v) is 9.45. The van der Waals surface area contributed by atoms with Crippen LogP contribution in [0.2, 0.25) is 18.6 Å². The molecule has 2 heterocycles. The quantitative estimate of drug-likeness (QED) is 0.143. The lowest BCUT2D eigenvalue weighted by molar-refractivity contribution is -0.135. The summed E-state index contributed by atoms with van der Waals surface area (Å²) in [6, 6.07) is 25.6. The van der Waals surface area contributed by atoms with Crippen LogP contribution in [0.1, 0.15) is 36.5 Å². The van der Waals surface area contributed by atoms with Crippen LogP contribution in [0, 0.1) is 5.92 Å². The molecule has 238 valence electrons. The summed E-state index contributed by atoms with van der Waals surface area (Å²) in [5.74, 6) is -0.0290. The number of aliphatic hydroxyl groups excluding tert-OH is 1. The Kier molecular flexibility index (Phi) is 10.6. The zero-order valence-corrected chi connectivity index (χ0v) is 27.4. The number of hydrogen-bond donors (Lipinski definition) is 4. The van der Waals surface area contributed by atoms with Crippen LogP contribution in [-0.2, 0) is 33.7 Å². The summed E-state index contributed by atoms with van der Waals surface area (Å²) in [4.78, 5) is 42.3. The molecule has 0 radical (unpaired) electrons. The first-order valence-corrected chi connectivity index (χ1v) is 18.9. The molecule has 1 saturated heterocycles. The first kappa shape index (κ1) is 32.6. The standard InChI is InChI=1S/C36H45N3O5Si/c1-25-32(44-33(36(25)45(2,3)43)22-35(42)39(19-20-40)24-27-9-5-4-6-10-27)18-15-26-13-16-29(17-14-26)38-34(41)21-28-23-37-31-12-8-7-11-30(28)31/h4-14,16-17,23,25,32-33,36-37,40,43H,15,18-22,24H2,1-3H3,(H,38,41)/t25-,32+,33-,36+/m1/s1. The number of aromatic nitrogens is 1. The van der Waals surface area contributed by atoms with Crippen molar-refractivity contribution in [2.45, 2.75) is 70.0 Å². The Balaban J connectivity index is 1.17. The molecule has 4 atom stereocenters. The van der Waals surface area contributed by atoms with Crippen molar-refractivity contribution in [3.8, 4) is 0 Å². The van der Waals surface area contributed by atoms with Crippen molar-refractivity contribution in [1.29, 1.82) is 0 Å². The summed E-state index contributed by atoms with van der Waals surface area (Å²) in [6.07, 6.45) is 3.47. The number of amides is 2. The van der Waals surface area contributed by atoms with Gasteiger partial charge in [-0.25, -0.2) is 0 Å². The van der Waals surface area contributed by atoms with Crippen LogP contribution >= 0.6 is 0 Å². The molecule has 0 aliphatic carbocycles. The zero-order chi connectivity index (χ0) is 32.0. The van der Waals surface area contributed by atoms with Crippen LogP contribution in [0.25, 0.3) is 10.9 Å². The van der Waals surface area contributed by atoms with E-state index in [4.69, 9.17) is 4.74 Å². The molecule has 45 heavy (non-hydrogen) atoms. The third-order valence-corrected chi connectivity index (χ3v) is 11.5. The fraction of sp³-hybridized carbons (Fsp3) is 0.389. The molecule has 3 aromatic carbocycles. The number of carbonyl (C=O) groups excluding carboxylic acids is 2. The Morgan fingerprint density at radius 1 is 0.956 bits per heavy atom. The van der Waals surface area contributed by atoms with Crippen LogP contribution in [0.15, 0.2) is 85.1 Å². The Morgan fingerprint density at radius 2 is 1.67 bits per heavy atom. The summed E-state index contributed by atoms with van der Waals surface area (Å²) in [5.41, 5.74) is 4.80. The number of aryl methyl sites for hydroxylation is 1. The number of aliphatic hydroxyl groups is 1. The van der Waals surface area contributed by atoms with Crippen molar-refractivity contribution in [3.05, 3.63) is 102 Å². The number of H-pyrrole nitrogens is 1. The van der Waals surface area contributed by atoms with Crippen LogP contribution in [0.3, 0.4) is 0 Å². The van der Waals surface area contributed by atoms with E-state index in [0.29, 0.717) is 13.0 Å². The summed E-state index contributed by atoms with van der Waals surface area (Å²) in [6.45, 7) is 6.56. The predicted molar refractivity (Wildman–Crippen MR) is 180 cm³/mol. The number of fused-ring (bicyclic) bond motifs is 1. The van der Waals surface area contributed by atoms with Gasteiger partial charge in [-0.15, -0.1) is 0 Å². The third-order valence-electron chi connectivity index (χ3n) is 9.01. The number of hydrogen-bond acceptors (Lipinski definition) is 5. The summed E-state index contributed by atoms with van der Waals surface area (Å²) in [7, 11) is -2.64. The molecule has 2 amide bonds. The lowest BCUT2D eigenvalue weighted by Crippen LogP contribution is -2.42. The first-order chi connectivity index (χ1) is 21.6. The molecule has 0 saturated carbocycles. The fourth-order valence-electron chi connectivity index (χ4n) is 6.84. The Labute approximate surface area is 266 Å². The number of benzene rings is 3. The van der Waals surface area contributed by atoms with Gasteiger partial charge in [0, 0.05) is 41.4 Å². The van der Waals surface area contributed by atoms with E-state index >= 15 is 0 Å². The van der Waals surface area contributed by atoms with Crippen molar-refractivity contribution in [2.24, 2.45) is 5.92 Å². The summed E-state index contributed by atoms with van der Waals surface area (Å²) >= 11 is 0.